The largest absolute Gasteiger partial charge is 0.465 e. The van der Waals surface area contributed by atoms with Gasteiger partial charge in [0.2, 0.25) is 0 Å². The van der Waals surface area contributed by atoms with Crippen molar-refractivity contribution in [3.05, 3.63) is 10.4 Å². The maximum absolute atomic E-state index is 10.9. The smallest absolute Gasteiger partial charge is 0.302 e. The number of hydrogen-bond acceptors (Lipinski definition) is 7. The lowest BCUT2D eigenvalue weighted by Crippen LogP contribution is -2.41. The van der Waals surface area contributed by atoms with Gasteiger partial charge in [0.05, 0.1) is 5.41 Å². The van der Waals surface area contributed by atoms with Crippen LogP contribution in [0.5, 0.6) is 0 Å². The van der Waals surface area contributed by atoms with Gasteiger partial charge in [0.1, 0.15) is 19.8 Å². The van der Waals surface area contributed by atoms with Crippen LogP contribution in [0.15, 0.2) is 5.11 Å². The SMILES string of the molecule is CC(=O)OCC(CN=[N+]=[N-])(COC(C)=O)COC(C)=O. The Morgan fingerprint density at radius 1 is 0.950 bits per heavy atom. The highest BCUT2D eigenvalue weighted by molar-refractivity contribution is 5.67. The zero-order valence-electron chi connectivity index (χ0n) is 11.6. The fraction of sp³-hybridized carbons (Fsp3) is 0.727. The second-order valence-corrected chi connectivity index (χ2v) is 4.23. The summed E-state index contributed by atoms with van der Waals surface area (Å²) in [7, 11) is 0. The van der Waals surface area contributed by atoms with Gasteiger partial charge in [-0.2, -0.15) is 0 Å². The van der Waals surface area contributed by atoms with Crippen LogP contribution in [-0.2, 0) is 28.6 Å². The maximum atomic E-state index is 10.9. The molecule has 0 rings (SSSR count). The minimum absolute atomic E-state index is 0.155. The van der Waals surface area contributed by atoms with Crippen molar-refractivity contribution < 1.29 is 28.6 Å². The molecule has 0 aromatic heterocycles. The Morgan fingerprint density at radius 2 is 1.30 bits per heavy atom. The van der Waals surface area contributed by atoms with Gasteiger partial charge in [-0.25, -0.2) is 0 Å². The van der Waals surface area contributed by atoms with E-state index in [4.69, 9.17) is 19.7 Å². The van der Waals surface area contributed by atoms with Gasteiger partial charge < -0.3 is 14.2 Å². The number of carbonyl (C=O) groups excluding carboxylic acids is 3. The standard InChI is InChI=1S/C11H17N3O6/c1-8(15)18-5-11(4-13-14-12,6-19-9(2)16)7-20-10(3)17/h4-7H2,1-3H3. The molecule has 0 aliphatic carbocycles. The molecule has 0 radical (unpaired) electrons. The molecule has 9 nitrogen and oxygen atoms in total. The minimum atomic E-state index is -1.10. The van der Waals surface area contributed by atoms with Crippen LogP contribution in [0.3, 0.4) is 0 Å². The van der Waals surface area contributed by atoms with Gasteiger partial charge in [0.15, 0.2) is 0 Å². The zero-order chi connectivity index (χ0) is 15.6. The molecule has 0 saturated heterocycles. The van der Waals surface area contributed by atoms with E-state index in [-0.39, 0.29) is 26.4 Å². The fourth-order valence-corrected chi connectivity index (χ4v) is 1.21. The molecule has 0 aliphatic rings. The van der Waals surface area contributed by atoms with Crippen LogP contribution in [0.25, 0.3) is 10.4 Å². The molecule has 0 N–H and O–H groups in total. The fourth-order valence-electron chi connectivity index (χ4n) is 1.21. The van der Waals surface area contributed by atoms with Gasteiger partial charge in [-0.15, -0.1) is 0 Å². The molecule has 0 bridgehead atoms. The summed E-state index contributed by atoms with van der Waals surface area (Å²) < 4.78 is 14.6. The van der Waals surface area contributed by atoms with E-state index >= 15 is 0 Å². The number of rotatable bonds is 8. The third-order valence-electron chi connectivity index (χ3n) is 2.21. The minimum Gasteiger partial charge on any atom is -0.465 e. The summed E-state index contributed by atoms with van der Waals surface area (Å²) >= 11 is 0. The molecule has 0 spiro atoms. The highest BCUT2D eigenvalue weighted by atomic mass is 16.6. The highest BCUT2D eigenvalue weighted by Gasteiger charge is 2.34. The van der Waals surface area contributed by atoms with Crippen molar-refractivity contribution >= 4 is 17.9 Å². The summed E-state index contributed by atoms with van der Waals surface area (Å²) in [4.78, 5) is 35.3. The number of ether oxygens (including phenoxy) is 3. The Bertz CT molecular complexity index is 371. The second-order valence-electron chi connectivity index (χ2n) is 4.23. The number of esters is 3. The molecule has 0 saturated carbocycles. The summed E-state index contributed by atoms with van der Waals surface area (Å²) in [5.41, 5.74) is 7.29. The summed E-state index contributed by atoms with van der Waals surface area (Å²) in [5.74, 6) is -1.66. The molecule has 0 aromatic carbocycles. The van der Waals surface area contributed by atoms with Crippen LogP contribution < -0.4 is 0 Å². The van der Waals surface area contributed by atoms with E-state index in [9.17, 15) is 14.4 Å². The van der Waals surface area contributed by atoms with Crippen molar-refractivity contribution in [2.45, 2.75) is 20.8 Å². The number of carbonyl (C=O) groups is 3. The molecule has 20 heavy (non-hydrogen) atoms. The normalized spacial score (nSPS) is 10.2. The number of azide groups is 1. The van der Waals surface area contributed by atoms with E-state index in [1.165, 1.54) is 20.8 Å². The molecular formula is C11H17N3O6. The molecule has 0 heterocycles. The van der Waals surface area contributed by atoms with Crippen LogP contribution in [-0.4, -0.2) is 44.3 Å². The summed E-state index contributed by atoms with van der Waals surface area (Å²) in [6.45, 7) is 2.84. The molecular weight excluding hydrogens is 270 g/mol. The van der Waals surface area contributed by atoms with E-state index in [0.29, 0.717) is 0 Å². The predicted octanol–water partition coefficient (Wildman–Crippen LogP) is 0.972. The van der Waals surface area contributed by atoms with Crippen molar-refractivity contribution in [2.24, 2.45) is 10.5 Å². The van der Waals surface area contributed by atoms with Gasteiger partial charge in [0.25, 0.3) is 0 Å². The maximum Gasteiger partial charge on any atom is 0.302 e. The zero-order valence-corrected chi connectivity index (χ0v) is 11.6. The molecule has 0 unspecified atom stereocenters. The Labute approximate surface area is 115 Å². The van der Waals surface area contributed by atoms with Crippen molar-refractivity contribution in [1.29, 1.82) is 0 Å². The first-order chi connectivity index (χ1) is 9.31. The van der Waals surface area contributed by atoms with E-state index < -0.39 is 23.3 Å². The van der Waals surface area contributed by atoms with Crippen LogP contribution >= 0.6 is 0 Å². The molecule has 0 atom stereocenters. The Morgan fingerprint density at radius 3 is 1.55 bits per heavy atom. The summed E-state index contributed by atoms with van der Waals surface area (Å²) in [6.07, 6.45) is 0. The van der Waals surface area contributed by atoms with Crippen molar-refractivity contribution in [2.75, 3.05) is 26.4 Å². The van der Waals surface area contributed by atoms with E-state index in [1.54, 1.807) is 0 Å². The quantitative estimate of drug-likeness (QED) is 0.215. The number of hydrogen-bond donors (Lipinski definition) is 0. The predicted molar refractivity (Wildman–Crippen MR) is 66.3 cm³/mol. The van der Waals surface area contributed by atoms with Gasteiger partial charge in [-0.1, -0.05) is 5.11 Å². The Hall–Kier alpha value is -2.28. The number of nitrogens with zero attached hydrogens (tertiary/aromatic N) is 3. The lowest BCUT2D eigenvalue weighted by atomic mass is 9.91. The molecule has 0 aliphatic heterocycles. The molecule has 0 amide bonds. The van der Waals surface area contributed by atoms with E-state index in [2.05, 4.69) is 10.0 Å². The Kier molecular flexibility index (Phi) is 7.76. The lowest BCUT2D eigenvalue weighted by molar-refractivity contribution is -0.158. The molecule has 112 valence electrons. The third kappa shape index (κ3) is 7.93. The summed E-state index contributed by atoms with van der Waals surface area (Å²) in [5, 5.41) is 3.38. The van der Waals surface area contributed by atoms with E-state index in [0.717, 1.165) is 0 Å². The van der Waals surface area contributed by atoms with Crippen molar-refractivity contribution in [1.82, 2.24) is 0 Å². The average Bonchev–Trinajstić information content (AvgIpc) is 2.36. The first kappa shape index (κ1) is 17.7. The highest BCUT2D eigenvalue weighted by Crippen LogP contribution is 2.21. The lowest BCUT2D eigenvalue weighted by Gasteiger charge is -2.30. The van der Waals surface area contributed by atoms with Crippen LogP contribution in [0.1, 0.15) is 20.8 Å². The summed E-state index contributed by atoms with van der Waals surface area (Å²) in [6, 6.07) is 0. The van der Waals surface area contributed by atoms with Crippen LogP contribution in [0.2, 0.25) is 0 Å². The van der Waals surface area contributed by atoms with Crippen molar-refractivity contribution in [3.63, 3.8) is 0 Å². The first-order valence-corrected chi connectivity index (χ1v) is 5.72. The monoisotopic (exact) mass is 287 g/mol. The van der Waals surface area contributed by atoms with Gasteiger partial charge in [-0.05, 0) is 5.53 Å². The Balaban J connectivity index is 5.01. The molecule has 0 aromatic rings. The van der Waals surface area contributed by atoms with Crippen LogP contribution in [0.4, 0.5) is 0 Å². The topological polar surface area (TPSA) is 128 Å². The first-order valence-electron chi connectivity index (χ1n) is 5.72. The molecule has 9 heteroatoms. The average molecular weight is 287 g/mol. The molecule has 0 fully saturated rings. The van der Waals surface area contributed by atoms with Gasteiger partial charge in [-0.3, -0.25) is 14.4 Å². The van der Waals surface area contributed by atoms with E-state index in [1.807, 2.05) is 0 Å². The van der Waals surface area contributed by atoms with Gasteiger partial charge >= 0.3 is 17.9 Å². The third-order valence-corrected chi connectivity index (χ3v) is 2.21. The van der Waals surface area contributed by atoms with Crippen LogP contribution in [0, 0.1) is 5.41 Å². The van der Waals surface area contributed by atoms with Gasteiger partial charge in [0, 0.05) is 32.2 Å². The second kappa shape index (κ2) is 8.76. The van der Waals surface area contributed by atoms with Crippen molar-refractivity contribution in [3.8, 4) is 0 Å².